The van der Waals surface area contributed by atoms with Gasteiger partial charge in [-0.15, -0.1) is 0 Å². The molecule has 0 heterocycles. The normalized spacial score (nSPS) is 11.8. The zero-order chi connectivity index (χ0) is 22.9. The Kier molecular flexibility index (Phi) is 8.80. The number of nitrogens with zero attached hydrogens (tertiary/aromatic N) is 2. The molecule has 0 saturated carbocycles. The van der Waals surface area contributed by atoms with Gasteiger partial charge in [-0.05, 0) is 36.6 Å². The van der Waals surface area contributed by atoms with Crippen LogP contribution in [0.15, 0.2) is 52.4 Å². The van der Waals surface area contributed by atoms with E-state index >= 15 is 0 Å². The summed E-state index contributed by atoms with van der Waals surface area (Å²) in [5.41, 5.74) is 2.41. The smallest absolute Gasteiger partial charge is 0.293 e. The molecule has 0 spiro atoms. The molecule has 0 aliphatic carbocycles. The van der Waals surface area contributed by atoms with E-state index in [1.54, 1.807) is 0 Å². The lowest BCUT2D eigenvalue weighted by Crippen LogP contribution is -2.39. The molecule has 168 valence electrons. The van der Waals surface area contributed by atoms with Gasteiger partial charge in [-0.25, -0.2) is 13.4 Å². The minimum absolute atomic E-state index is 0.0863. The van der Waals surface area contributed by atoms with E-state index in [0.29, 0.717) is 32.1 Å². The SMILES string of the molecule is CCNC(=NCc1ccccc1CC)NCCNc1ccc(S(C)(=O)=O)cc1[N+](=O)[O-]. The highest BCUT2D eigenvalue weighted by Crippen LogP contribution is 2.27. The summed E-state index contributed by atoms with van der Waals surface area (Å²) in [4.78, 5) is 15.3. The fraction of sp³-hybridized carbons (Fsp3) is 0.381. The summed E-state index contributed by atoms with van der Waals surface area (Å²) < 4.78 is 23.3. The average molecular weight is 448 g/mol. The summed E-state index contributed by atoms with van der Waals surface area (Å²) in [6.45, 7) is 6.18. The molecule has 3 N–H and O–H groups in total. The Morgan fingerprint density at radius 3 is 2.39 bits per heavy atom. The van der Waals surface area contributed by atoms with Crippen LogP contribution >= 0.6 is 0 Å². The minimum Gasteiger partial charge on any atom is -0.378 e. The van der Waals surface area contributed by atoms with Crippen molar-refractivity contribution in [2.24, 2.45) is 4.99 Å². The van der Waals surface area contributed by atoms with Gasteiger partial charge >= 0.3 is 0 Å². The molecule has 0 saturated heterocycles. The Hall–Kier alpha value is -3.14. The van der Waals surface area contributed by atoms with E-state index in [1.165, 1.54) is 23.3 Å². The number of sulfone groups is 1. The van der Waals surface area contributed by atoms with E-state index in [2.05, 4.69) is 40.0 Å². The van der Waals surface area contributed by atoms with E-state index in [1.807, 2.05) is 19.1 Å². The van der Waals surface area contributed by atoms with Crippen molar-refractivity contribution in [3.8, 4) is 0 Å². The summed E-state index contributed by atoms with van der Waals surface area (Å²) >= 11 is 0. The Morgan fingerprint density at radius 2 is 1.77 bits per heavy atom. The number of anilines is 1. The molecule has 10 heteroatoms. The van der Waals surface area contributed by atoms with Gasteiger partial charge in [-0.3, -0.25) is 10.1 Å². The standard InChI is InChI=1S/C21H29N5O4S/c1-4-16-8-6-7-9-17(16)15-25-21(22-5-2)24-13-12-23-19-11-10-18(31(3,29)30)14-20(19)26(27)28/h6-11,14,23H,4-5,12-13,15H2,1-3H3,(H2,22,24,25). The third-order valence-electron chi connectivity index (χ3n) is 4.58. The predicted molar refractivity (Wildman–Crippen MR) is 123 cm³/mol. The number of nitrogens with one attached hydrogen (secondary N) is 3. The monoisotopic (exact) mass is 447 g/mol. The Balaban J connectivity index is 2.00. The van der Waals surface area contributed by atoms with Crippen molar-refractivity contribution in [1.29, 1.82) is 0 Å². The van der Waals surface area contributed by atoms with E-state index in [-0.39, 0.29) is 16.3 Å². The largest absolute Gasteiger partial charge is 0.378 e. The van der Waals surface area contributed by atoms with Crippen LogP contribution in [0.4, 0.5) is 11.4 Å². The number of aliphatic imine (C=N–C) groups is 1. The highest BCUT2D eigenvalue weighted by Gasteiger charge is 2.18. The van der Waals surface area contributed by atoms with E-state index in [4.69, 9.17) is 0 Å². The van der Waals surface area contributed by atoms with Crippen molar-refractivity contribution in [3.05, 3.63) is 63.7 Å². The second-order valence-electron chi connectivity index (χ2n) is 6.88. The van der Waals surface area contributed by atoms with Crippen molar-refractivity contribution in [2.45, 2.75) is 31.7 Å². The molecule has 0 radical (unpaired) electrons. The molecule has 0 fully saturated rings. The summed E-state index contributed by atoms with van der Waals surface area (Å²) in [5, 5.41) is 20.7. The summed E-state index contributed by atoms with van der Waals surface area (Å²) in [5.74, 6) is 0.650. The molecular weight excluding hydrogens is 418 g/mol. The van der Waals surface area contributed by atoms with Crippen molar-refractivity contribution in [2.75, 3.05) is 31.2 Å². The molecular formula is C21H29N5O4S. The molecule has 0 aliphatic rings. The van der Waals surface area contributed by atoms with Crippen LogP contribution in [0.25, 0.3) is 0 Å². The van der Waals surface area contributed by atoms with Crippen molar-refractivity contribution >= 4 is 27.2 Å². The second kappa shape index (κ2) is 11.3. The average Bonchev–Trinajstić information content (AvgIpc) is 2.74. The molecule has 2 aromatic carbocycles. The van der Waals surface area contributed by atoms with Gasteiger partial charge in [0, 0.05) is 32.0 Å². The lowest BCUT2D eigenvalue weighted by atomic mass is 10.1. The number of guanidine groups is 1. The van der Waals surface area contributed by atoms with E-state index in [9.17, 15) is 18.5 Å². The number of nitro groups is 1. The van der Waals surface area contributed by atoms with Crippen LogP contribution in [0.1, 0.15) is 25.0 Å². The second-order valence-corrected chi connectivity index (χ2v) is 8.89. The summed E-state index contributed by atoms with van der Waals surface area (Å²) in [6.07, 6.45) is 1.96. The van der Waals surface area contributed by atoms with Crippen molar-refractivity contribution < 1.29 is 13.3 Å². The van der Waals surface area contributed by atoms with E-state index in [0.717, 1.165) is 18.7 Å². The first-order valence-corrected chi connectivity index (χ1v) is 12.0. The molecule has 0 aliphatic heterocycles. The van der Waals surface area contributed by atoms with Crippen molar-refractivity contribution in [1.82, 2.24) is 10.6 Å². The fourth-order valence-electron chi connectivity index (χ4n) is 2.98. The van der Waals surface area contributed by atoms with Crippen LogP contribution < -0.4 is 16.0 Å². The molecule has 0 unspecified atom stereocenters. The van der Waals surface area contributed by atoms with Crippen LogP contribution in [0, 0.1) is 10.1 Å². The molecule has 9 nitrogen and oxygen atoms in total. The third-order valence-corrected chi connectivity index (χ3v) is 5.69. The molecule has 0 amide bonds. The maximum absolute atomic E-state index is 11.6. The molecule has 31 heavy (non-hydrogen) atoms. The van der Waals surface area contributed by atoms with E-state index < -0.39 is 14.8 Å². The number of hydrogen-bond donors (Lipinski definition) is 3. The number of aryl methyl sites for hydroxylation is 1. The Morgan fingerprint density at radius 1 is 1.06 bits per heavy atom. The van der Waals surface area contributed by atoms with Gasteiger partial charge in [0.15, 0.2) is 15.8 Å². The highest BCUT2D eigenvalue weighted by molar-refractivity contribution is 7.90. The molecule has 2 rings (SSSR count). The molecule has 0 atom stereocenters. The first kappa shape index (κ1) is 24.1. The van der Waals surface area contributed by atoms with Crippen LogP contribution in [-0.4, -0.2) is 45.2 Å². The zero-order valence-corrected chi connectivity index (χ0v) is 18.8. The van der Waals surface area contributed by atoms with Gasteiger partial charge in [-0.2, -0.15) is 0 Å². The van der Waals surface area contributed by atoms with Crippen LogP contribution in [0.3, 0.4) is 0 Å². The first-order chi connectivity index (χ1) is 14.8. The van der Waals surface area contributed by atoms with Gasteiger partial charge < -0.3 is 16.0 Å². The molecule has 2 aromatic rings. The zero-order valence-electron chi connectivity index (χ0n) is 18.0. The third kappa shape index (κ3) is 7.25. The summed E-state index contributed by atoms with van der Waals surface area (Å²) in [6, 6.07) is 12.0. The van der Waals surface area contributed by atoms with Gasteiger partial charge in [0.05, 0.1) is 16.4 Å². The highest BCUT2D eigenvalue weighted by atomic mass is 32.2. The summed E-state index contributed by atoms with van der Waals surface area (Å²) in [7, 11) is -3.52. The first-order valence-electron chi connectivity index (χ1n) is 10.1. The Bertz CT molecular complexity index is 1040. The maximum Gasteiger partial charge on any atom is 0.293 e. The number of benzene rings is 2. The minimum atomic E-state index is -3.52. The van der Waals surface area contributed by atoms with Crippen LogP contribution in [-0.2, 0) is 22.8 Å². The molecule has 0 bridgehead atoms. The molecule has 0 aromatic heterocycles. The van der Waals surface area contributed by atoms with Gasteiger partial charge in [0.25, 0.3) is 5.69 Å². The Labute approximate surface area is 183 Å². The predicted octanol–water partition coefficient (Wildman–Crippen LogP) is 2.73. The topological polar surface area (TPSA) is 126 Å². The van der Waals surface area contributed by atoms with Crippen molar-refractivity contribution in [3.63, 3.8) is 0 Å². The number of hydrogen-bond acceptors (Lipinski definition) is 6. The quantitative estimate of drug-likeness (QED) is 0.168. The lowest BCUT2D eigenvalue weighted by Gasteiger charge is -2.13. The van der Waals surface area contributed by atoms with Crippen LogP contribution in [0.5, 0.6) is 0 Å². The van der Waals surface area contributed by atoms with Gasteiger partial charge in [0.1, 0.15) is 5.69 Å². The number of nitro benzene ring substituents is 1. The lowest BCUT2D eigenvalue weighted by molar-refractivity contribution is -0.384. The van der Waals surface area contributed by atoms with Gasteiger partial charge in [-0.1, -0.05) is 31.2 Å². The van der Waals surface area contributed by atoms with Gasteiger partial charge in [0.2, 0.25) is 0 Å². The fourth-order valence-corrected chi connectivity index (χ4v) is 3.62. The maximum atomic E-state index is 11.6. The number of rotatable bonds is 10. The van der Waals surface area contributed by atoms with Crippen LogP contribution in [0.2, 0.25) is 0 Å².